The minimum atomic E-state index is 0.0227. The Morgan fingerprint density at radius 3 is 2.92 bits per heavy atom. The zero-order valence-electron chi connectivity index (χ0n) is 14.1. The first-order valence-corrected chi connectivity index (χ1v) is 9.55. The fourth-order valence-corrected chi connectivity index (χ4v) is 5.35. The number of aromatic amines is 1. The second-order valence-corrected chi connectivity index (χ2v) is 8.41. The van der Waals surface area contributed by atoms with E-state index >= 15 is 0 Å². The van der Waals surface area contributed by atoms with Crippen LogP contribution in [0.3, 0.4) is 0 Å². The quantitative estimate of drug-likeness (QED) is 0.633. The number of hydrogen-bond acceptors (Lipinski definition) is 3. The molecule has 0 aliphatic heterocycles. The smallest absolute Gasteiger partial charge is 0.267 e. The highest BCUT2D eigenvalue weighted by Gasteiger charge is 2.23. The van der Waals surface area contributed by atoms with Crippen LogP contribution in [0, 0.1) is 24.5 Å². The Kier molecular flexibility index (Phi) is 3.73. The molecule has 2 aromatic heterocycles. The normalized spacial score (nSPS) is 17.2. The maximum absolute atomic E-state index is 13.3. The van der Waals surface area contributed by atoms with E-state index in [0.29, 0.717) is 10.7 Å². The zero-order valence-corrected chi connectivity index (χ0v) is 15.7. The van der Waals surface area contributed by atoms with E-state index in [4.69, 9.17) is 12.2 Å². The molecule has 24 heavy (non-hydrogen) atoms. The lowest BCUT2D eigenvalue weighted by Crippen LogP contribution is -2.22. The number of benzene rings is 1. The van der Waals surface area contributed by atoms with E-state index < -0.39 is 0 Å². The largest absolute Gasteiger partial charge is 0.323 e. The first kappa shape index (κ1) is 15.8. The van der Waals surface area contributed by atoms with Crippen molar-refractivity contribution in [1.29, 1.82) is 0 Å². The van der Waals surface area contributed by atoms with Gasteiger partial charge in [-0.2, -0.15) is 0 Å². The number of H-pyrrole nitrogens is 1. The first-order chi connectivity index (χ1) is 11.5. The van der Waals surface area contributed by atoms with Gasteiger partial charge in [0, 0.05) is 4.88 Å². The number of aryl methyl sites for hydroxylation is 3. The van der Waals surface area contributed by atoms with Gasteiger partial charge in [-0.3, -0.25) is 9.36 Å². The van der Waals surface area contributed by atoms with Gasteiger partial charge in [0.1, 0.15) is 4.83 Å². The van der Waals surface area contributed by atoms with Gasteiger partial charge in [-0.15, -0.1) is 11.3 Å². The molecule has 2 heterocycles. The van der Waals surface area contributed by atoms with Crippen LogP contribution in [0.15, 0.2) is 23.0 Å². The summed E-state index contributed by atoms with van der Waals surface area (Å²) in [5.74, 6) is 0.690. The third kappa shape index (κ3) is 2.38. The lowest BCUT2D eigenvalue weighted by atomic mass is 9.89. The average molecular weight is 357 g/mol. The summed E-state index contributed by atoms with van der Waals surface area (Å²) in [4.78, 5) is 18.9. The summed E-state index contributed by atoms with van der Waals surface area (Å²) in [6.07, 6.45) is 3.21. The van der Waals surface area contributed by atoms with Crippen LogP contribution in [0.25, 0.3) is 15.9 Å². The molecule has 1 atom stereocenters. The summed E-state index contributed by atoms with van der Waals surface area (Å²) in [6.45, 7) is 6.34. The van der Waals surface area contributed by atoms with Crippen LogP contribution in [-0.2, 0) is 12.8 Å². The van der Waals surface area contributed by atoms with Crippen LogP contribution in [0.2, 0.25) is 0 Å². The van der Waals surface area contributed by atoms with Crippen molar-refractivity contribution in [3.8, 4) is 5.69 Å². The minimum Gasteiger partial charge on any atom is -0.323 e. The summed E-state index contributed by atoms with van der Waals surface area (Å²) >= 11 is 7.24. The number of nitrogens with zero attached hydrogens (tertiary/aromatic N) is 1. The van der Waals surface area contributed by atoms with Crippen LogP contribution >= 0.6 is 23.6 Å². The molecule has 0 bridgehead atoms. The molecule has 3 nitrogen and oxygen atoms in total. The molecule has 0 fully saturated rings. The number of rotatable bonds is 1. The van der Waals surface area contributed by atoms with Crippen molar-refractivity contribution in [2.75, 3.05) is 0 Å². The number of nitrogens with one attached hydrogen (secondary N) is 1. The van der Waals surface area contributed by atoms with Crippen LogP contribution in [0.5, 0.6) is 0 Å². The van der Waals surface area contributed by atoms with Crippen molar-refractivity contribution < 1.29 is 0 Å². The molecule has 1 aromatic carbocycles. The maximum atomic E-state index is 13.3. The Hall–Kier alpha value is -1.72. The molecule has 4 rings (SSSR count). The lowest BCUT2D eigenvalue weighted by molar-refractivity contribution is 0.509. The van der Waals surface area contributed by atoms with E-state index in [1.54, 1.807) is 15.9 Å². The second kappa shape index (κ2) is 5.67. The Morgan fingerprint density at radius 2 is 2.12 bits per heavy atom. The molecule has 3 aromatic rings. The van der Waals surface area contributed by atoms with Gasteiger partial charge >= 0.3 is 0 Å². The van der Waals surface area contributed by atoms with Crippen molar-refractivity contribution in [2.24, 2.45) is 5.92 Å². The van der Waals surface area contributed by atoms with Gasteiger partial charge in [-0.05, 0) is 74.0 Å². The van der Waals surface area contributed by atoms with Gasteiger partial charge in [0.05, 0.1) is 11.1 Å². The van der Waals surface area contributed by atoms with E-state index in [2.05, 4.69) is 18.0 Å². The van der Waals surface area contributed by atoms with Crippen molar-refractivity contribution >= 4 is 33.8 Å². The molecule has 5 heteroatoms. The van der Waals surface area contributed by atoms with Crippen LogP contribution < -0.4 is 5.56 Å². The standard InChI is InChI=1S/C19H20N2OS2/c1-10-4-6-12(3)14(8-10)21-18(22)16-13-7-5-11(2)9-15(13)24-17(16)20-19(21)23/h4,6,8,11H,5,7,9H2,1-3H3,(H,20,23)/t11-/m1/s1. The van der Waals surface area contributed by atoms with Crippen molar-refractivity contribution in [3.63, 3.8) is 0 Å². The molecule has 124 valence electrons. The van der Waals surface area contributed by atoms with Gasteiger partial charge < -0.3 is 4.98 Å². The molecule has 0 saturated heterocycles. The van der Waals surface area contributed by atoms with E-state index in [0.717, 1.165) is 46.3 Å². The van der Waals surface area contributed by atoms with Gasteiger partial charge in [-0.25, -0.2) is 0 Å². The summed E-state index contributed by atoms with van der Waals surface area (Å²) in [5.41, 5.74) is 4.32. The summed E-state index contributed by atoms with van der Waals surface area (Å²) in [5, 5.41) is 0.844. The van der Waals surface area contributed by atoms with Crippen molar-refractivity contribution in [1.82, 2.24) is 9.55 Å². The van der Waals surface area contributed by atoms with E-state index in [1.165, 1.54) is 10.4 Å². The third-order valence-corrected chi connectivity index (χ3v) is 6.41. The lowest BCUT2D eigenvalue weighted by Gasteiger charge is -2.17. The SMILES string of the molecule is Cc1ccc(C)c(-n2c(=S)[nH]c3sc4c(c3c2=O)CC[C@@H](C)C4)c1. The monoisotopic (exact) mass is 356 g/mol. The van der Waals surface area contributed by atoms with E-state index in [-0.39, 0.29) is 5.56 Å². The molecular weight excluding hydrogens is 336 g/mol. The first-order valence-electron chi connectivity index (χ1n) is 8.33. The third-order valence-electron chi connectivity index (χ3n) is 4.96. The second-order valence-electron chi connectivity index (χ2n) is 6.92. The molecule has 1 aliphatic rings. The van der Waals surface area contributed by atoms with E-state index in [1.807, 2.05) is 26.0 Å². The number of aromatic nitrogens is 2. The number of thiophene rings is 1. The highest BCUT2D eigenvalue weighted by atomic mass is 32.1. The molecule has 0 radical (unpaired) electrons. The summed E-state index contributed by atoms with van der Waals surface area (Å²) in [7, 11) is 0. The predicted molar refractivity (Wildman–Crippen MR) is 103 cm³/mol. The molecule has 0 spiro atoms. The van der Waals surface area contributed by atoms with Gasteiger partial charge in [0.25, 0.3) is 5.56 Å². The fraction of sp³-hybridized carbons (Fsp3) is 0.368. The van der Waals surface area contributed by atoms with Gasteiger partial charge in [-0.1, -0.05) is 19.1 Å². The van der Waals surface area contributed by atoms with Crippen LogP contribution in [-0.4, -0.2) is 9.55 Å². The van der Waals surface area contributed by atoms with Crippen molar-refractivity contribution in [3.05, 3.63) is 54.9 Å². The number of fused-ring (bicyclic) bond motifs is 3. The molecule has 1 aliphatic carbocycles. The van der Waals surface area contributed by atoms with E-state index in [9.17, 15) is 4.79 Å². The maximum Gasteiger partial charge on any atom is 0.267 e. The Morgan fingerprint density at radius 1 is 1.33 bits per heavy atom. The Bertz CT molecular complexity index is 1070. The molecule has 1 N–H and O–H groups in total. The predicted octanol–water partition coefficient (Wildman–Crippen LogP) is 4.85. The Balaban J connectivity index is 2.06. The molecular formula is C19H20N2OS2. The Labute approximate surface area is 150 Å². The van der Waals surface area contributed by atoms with Crippen molar-refractivity contribution in [2.45, 2.75) is 40.0 Å². The number of hydrogen-bond donors (Lipinski definition) is 1. The zero-order chi connectivity index (χ0) is 17.0. The molecule has 0 unspecified atom stereocenters. The minimum absolute atomic E-state index is 0.0227. The van der Waals surface area contributed by atoms with Gasteiger partial charge in [0.2, 0.25) is 0 Å². The summed E-state index contributed by atoms with van der Waals surface area (Å²) < 4.78 is 2.15. The summed E-state index contributed by atoms with van der Waals surface area (Å²) in [6, 6.07) is 6.14. The molecule has 0 saturated carbocycles. The average Bonchev–Trinajstić information content (AvgIpc) is 2.87. The topological polar surface area (TPSA) is 37.8 Å². The molecule has 0 amide bonds. The fourth-order valence-electron chi connectivity index (χ4n) is 3.60. The van der Waals surface area contributed by atoms with Crippen LogP contribution in [0.4, 0.5) is 0 Å². The van der Waals surface area contributed by atoms with Gasteiger partial charge in [0.15, 0.2) is 4.77 Å². The highest BCUT2D eigenvalue weighted by molar-refractivity contribution is 7.71. The highest BCUT2D eigenvalue weighted by Crippen LogP contribution is 2.35. The van der Waals surface area contributed by atoms with Crippen LogP contribution in [0.1, 0.15) is 34.9 Å².